The van der Waals surface area contributed by atoms with E-state index in [0.717, 1.165) is 34.6 Å². The molecule has 2 aliphatic rings. The Morgan fingerprint density at radius 3 is 2.36 bits per heavy atom. The van der Waals surface area contributed by atoms with E-state index in [1.165, 1.54) is 38.9 Å². The lowest BCUT2D eigenvalue weighted by Gasteiger charge is -2.24. The maximum Gasteiger partial charge on any atom is 0.148 e. The fraction of sp³-hybridized carbons (Fsp3) is 0.682. The molecule has 1 saturated carbocycles. The molecule has 0 aromatic carbocycles. The Balaban J connectivity index is 1.29. The van der Waals surface area contributed by atoms with Crippen LogP contribution in [0.1, 0.15) is 45.7 Å². The van der Waals surface area contributed by atoms with Gasteiger partial charge >= 0.3 is 0 Å². The highest BCUT2D eigenvalue weighted by atomic mass is 15.3. The van der Waals surface area contributed by atoms with Crippen LogP contribution in [0.3, 0.4) is 0 Å². The number of nitrogens with zero attached hydrogens (tertiary/aromatic N) is 5. The smallest absolute Gasteiger partial charge is 0.148 e. The third kappa shape index (κ3) is 4.37. The van der Waals surface area contributed by atoms with Crippen LogP contribution in [0.5, 0.6) is 0 Å². The molecule has 2 fully saturated rings. The first-order chi connectivity index (χ1) is 13.3. The van der Waals surface area contributed by atoms with Crippen molar-refractivity contribution in [1.29, 1.82) is 0 Å². The third-order valence-corrected chi connectivity index (χ3v) is 6.31. The van der Waals surface area contributed by atoms with Gasteiger partial charge in [0.05, 0.1) is 11.4 Å². The summed E-state index contributed by atoms with van der Waals surface area (Å²) in [6, 6.07) is 4.63. The second-order valence-corrected chi connectivity index (χ2v) is 10.0. The van der Waals surface area contributed by atoms with Crippen LogP contribution >= 0.6 is 0 Å². The first-order valence-corrected chi connectivity index (χ1v) is 10.6. The van der Waals surface area contributed by atoms with Crippen LogP contribution in [0.15, 0.2) is 18.3 Å². The van der Waals surface area contributed by atoms with Crippen LogP contribution in [0, 0.1) is 24.2 Å². The molecule has 3 atom stereocenters. The zero-order valence-corrected chi connectivity index (χ0v) is 17.9. The van der Waals surface area contributed by atoms with Gasteiger partial charge in [-0.1, -0.05) is 20.8 Å². The van der Waals surface area contributed by atoms with Crippen molar-refractivity contribution in [3.8, 4) is 11.3 Å². The standard InChI is InChI=1S/C22H34N6/c1-15-19(14-27(5)26-15)20-6-7-21(25-24-20)23-18-10-16-12-28(13-17(16)11-18)9-8-22(2,3)4/h6-7,14,16-18H,8-13H2,1-5H3,(H,23,25)/t16-,17+,18+. The predicted molar refractivity (Wildman–Crippen MR) is 113 cm³/mol. The van der Waals surface area contributed by atoms with Crippen molar-refractivity contribution in [2.24, 2.45) is 24.3 Å². The Bertz CT molecular complexity index is 789. The van der Waals surface area contributed by atoms with E-state index in [-0.39, 0.29) is 0 Å². The molecule has 4 rings (SSSR count). The first-order valence-electron chi connectivity index (χ1n) is 10.6. The molecule has 1 aliphatic heterocycles. The van der Waals surface area contributed by atoms with E-state index in [9.17, 15) is 0 Å². The Morgan fingerprint density at radius 1 is 1.11 bits per heavy atom. The van der Waals surface area contributed by atoms with Gasteiger partial charge in [0.2, 0.25) is 0 Å². The summed E-state index contributed by atoms with van der Waals surface area (Å²) in [6.45, 7) is 12.8. The summed E-state index contributed by atoms with van der Waals surface area (Å²) in [4.78, 5) is 2.68. The Kier molecular flexibility index (Phi) is 5.17. The average molecular weight is 383 g/mol. The summed E-state index contributed by atoms with van der Waals surface area (Å²) in [5.41, 5.74) is 3.35. The molecule has 28 heavy (non-hydrogen) atoms. The third-order valence-electron chi connectivity index (χ3n) is 6.31. The fourth-order valence-corrected chi connectivity index (χ4v) is 4.80. The van der Waals surface area contributed by atoms with E-state index in [1.54, 1.807) is 0 Å². The van der Waals surface area contributed by atoms with Crippen molar-refractivity contribution in [3.05, 3.63) is 24.0 Å². The summed E-state index contributed by atoms with van der Waals surface area (Å²) in [6.07, 6.45) is 5.78. The van der Waals surface area contributed by atoms with Crippen LogP contribution in [0.4, 0.5) is 5.82 Å². The molecular weight excluding hydrogens is 348 g/mol. The largest absolute Gasteiger partial charge is 0.366 e. The average Bonchev–Trinajstić information content (AvgIpc) is 3.26. The van der Waals surface area contributed by atoms with Crippen molar-refractivity contribution in [2.45, 2.75) is 53.0 Å². The van der Waals surface area contributed by atoms with Gasteiger partial charge in [-0.15, -0.1) is 10.2 Å². The number of hydrogen-bond acceptors (Lipinski definition) is 5. The zero-order chi connectivity index (χ0) is 19.9. The Hall–Kier alpha value is -1.95. The number of fused-ring (bicyclic) bond motifs is 1. The van der Waals surface area contributed by atoms with Gasteiger partial charge in [-0.05, 0) is 62.1 Å². The molecule has 0 spiro atoms. The molecule has 6 nitrogen and oxygen atoms in total. The Morgan fingerprint density at radius 2 is 1.82 bits per heavy atom. The lowest BCUT2D eigenvalue weighted by molar-refractivity contribution is 0.250. The molecule has 152 valence electrons. The first kappa shape index (κ1) is 19.4. The van der Waals surface area contributed by atoms with Gasteiger partial charge in [-0.3, -0.25) is 4.68 Å². The van der Waals surface area contributed by atoms with Gasteiger partial charge in [0.15, 0.2) is 0 Å². The maximum absolute atomic E-state index is 4.43. The molecular formula is C22H34N6. The minimum Gasteiger partial charge on any atom is -0.366 e. The number of aryl methyl sites for hydroxylation is 2. The van der Waals surface area contributed by atoms with Crippen molar-refractivity contribution < 1.29 is 0 Å². The summed E-state index contributed by atoms with van der Waals surface area (Å²) >= 11 is 0. The van der Waals surface area contributed by atoms with Gasteiger partial charge in [0.25, 0.3) is 0 Å². The number of rotatable bonds is 5. The highest BCUT2D eigenvalue weighted by Gasteiger charge is 2.40. The van der Waals surface area contributed by atoms with Gasteiger partial charge in [0.1, 0.15) is 5.82 Å². The van der Waals surface area contributed by atoms with Crippen LogP contribution in [0.2, 0.25) is 0 Å². The minimum atomic E-state index is 0.432. The van der Waals surface area contributed by atoms with Crippen molar-refractivity contribution in [2.75, 3.05) is 25.0 Å². The summed E-state index contributed by atoms with van der Waals surface area (Å²) in [7, 11) is 1.93. The normalized spacial score (nSPS) is 25.2. The quantitative estimate of drug-likeness (QED) is 0.853. The molecule has 0 unspecified atom stereocenters. The van der Waals surface area contributed by atoms with E-state index in [4.69, 9.17) is 0 Å². The molecule has 1 saturated heterocycles. The number of hydrogen-bond donors (Lipinski definition) is 1. The fourth-order valence-electron chi connectivity index (χ4n) is 4.80. The van der Waals surface area contributed by atoms with Crippen LogP contribution in [0.25, 0.3) is 11.3 Å². The van der Waals surface area contributed by atoms with Crippen LogP contribution in [-0.4, -0.2) is 50.6 Å². The summed E-state index contributed by atoms with van der Waals surface area (Å²) in [5, 5.41) is 16.9. The highest BCUT2D eigenvalue weighted by Crippen LogP contribution is 2.39. The molecule has 1 N–H and O–H groups in total. The van der Waals surface area contributed by atoms with Crippen LogP contribution < -0.4 is 5.32 Å². The van der Waals surface area contributed by atoms with Gasteiger partial charge in [-0.2, -0.15) is 5.10 Å². The summed E-state index contributed by atoms with van der Waals surface area (Å²) in [5.74, 6) is 2.56. The van der Waals surface area contributed by atoms with Gasteiger partial charge < -0.3 is 10.2 Å². The molecule has 0 radical (unpaired) electrons. The molecule has 1 aliphatic carbocycles. The molecule has 2 aromatic rings. The molecule has 3 heterocycles. The van der Waals surface area contributed by atoms with E-state index < -0.39 is 0 Å². The lowest BCUT2D eigenvalue weighted by atomic mass is 9.92. The maximum atomic E-state index is 4.43. The van der Waals surface area contributed by atoms with Gasteiger partial charge in [-0.25, -0.2) is 0 Å². The molecule has 0 amide bonds. The van der Waals surface area contributed by atoms with E-state index in [1.807, 2.05) is 30.9 Å². The lowest BCUT2D eigenvalue weighted by Crippen LogP contribution is -2.28. The van der Waals surface area contributed by atoms with E-state index >= 15 is 0 Å². The monoisotopic (exact) mass is 382 g/mol. The number of nitrogens with one attached hydrogen (secondary N) is 1. The molecule has 0 bridgehead atoms. The minimum absolute atomic E-state index is 0.432. The molecule has 6 heteroatoms. The zero-order valence-electron chi connectivity index (χ0n) is 17.9. The summed E-state index contributed by atoms with van der Waals surface area (Å²) < 4.78 is 1.82. The topological polar surface area (TPSA) is 58.9 Å². The van der Waals surface area contributed by atoms with Crippen molar-refractivity contribution >= 4 is 5.82 Å². The Labute approximate surface area is 168 Å². The SMILES string of the molecule is Cc1nn(C)cc1-c1ccc(N[C@H]2C[C@@H]3CN(CCC(C)(C)C)C[C@@H]3C2)nn1. The number of anilines is 1. The highest BCUT2D eigenvalue weighted by molar-refractivity contribution is 5.61. The molecule has 2 aromatic heterocycles. The number of aromatic nitrogens is 4. The second-order valence-electron chi connectivity index (χ2n) is 10.0. The van der Waals surface area contributed by atoms with Gasteiger partial charge in [0, 0.05) is 37.9 Å². The van der Waals surface area contributed by atoms with E-state index in [0.29, 0.717) is 11.5 Å². The van der Waals surface area contributed by atoms with E-state index in [2.05, 4.69) is 52.4 Å². The van der Waals surface area contributed by atoms with Crippen LogP contribution in [-0.2, 0) is 7.05 Å². The van der Waals surface area contributed by atoms with Crippen molar-refractivity contribution in [1.82, 2.24) is 24.9 Å². The number of likely N-dealkylation sites (tertiary alicyclic amines) is 1. The predicted octanol–water partition coefficient (Wildman–Crippen LogP) is 3.74. The second kappa shape index (κ2) is 7.47. The van der Waals surface area contributed by atoms with Crippen molar-refractivity contribution in [3.63, 3.8) is 0 Å².